The van der Waals surface area contributed by atoms with Crippen LogP contribution in [0.2, 0.25) is 0 Å². The van der Waals surface area contributed by atoms with Crippen LogP contribution in [0.15, 0.2) is 34.8 Å². The van der Waals surface area contributed by atoms with Gasteiger partial charge in [-0.1, -0.05) is 0 Å². The molecule has 2 aromatic rings. The lowest BCUT2D eigenvalue weighted by Crippen LogP contribution is -1.90. The molecule has 0 saturated heterocycles. The van der Waals surface area contributed by atoms with Gasteiger partial charge in [0.05, 0.1) is 12.4 Å². The molecule has 2 heterocycles. The number of aliphatic imine (C=N–C) groups is 2. The lowest BCUT2D eigenvalue weighted by Gasteiger charge is -1.93. The highest BCUT2D eigenvalue weighted by Crippen LogP contribution is 1.92. The van der Waals surface area contributed by atoms with Crippen molar-refractivity contribution < 1.29 is 0 Å². The summed E-state index contributed by atoms with van der Waals surface area (Å²) in [5.41, 5.74) is 0. The van der Waals surface area contributed by atoms with Gasteiger partial charge in [-0.3, -0.25) is 9.98 Å². The summed E-state index contributed by atoms with van der Waals surface area (Å²) in [4.78, 5) is 22.6. The SMILES string of the molecule is C(=NCCCCN=Cc1ncc[nH]1)c1ncc[nH]1. The molecule has 0 radical (unpaired) electrons. The zero-order valence-corrected chi connectivity index (χ0v) is 10.1. The lowest BCUT2D eigenvalue weighted by molar-refractivity contribution is 0.759. The molecule has 0 spiro atoms. The van der Waals surface area contributed by atoms with Gasteiger partial charge in [0.2, 0.25) is 0 Å². The number of rotatable bonds is 7. The molecule has 0 amide bonds. The molecule has 6 heteroatoms. The van der Waals surface area contributed by atoms with Crippen molar-refractivity contribution in [3.05, 3.63) is 36.4 Å². The fourth-order valence-corrected chi connectivity index (χ4v) is 1.40. The Hall–Kier alpha value is -2.24. The third-order valence-corrected chi connectivity index (χ3v) is 2.29. The summed E-state index contributed by atoms with van der Waals surface area (Å²) in [5.74, 6) is 1.59. The van der Waals surface area contributed by atoms with Gasteiger partial charge in [-0.05, 0) is 12.8 Å². The molecule has 0 aromatic carbocycles. The lowest BCUT2D eigenvalue weighted by atomic mass is 10.3. The first-order valence-corrected chi connectivity index (χ1v) is 5.93. The van der Waals surface area contributed by atoms with E-state index in [1.165, 1.54) is 0 Å². The van der Waals surface area contributed by atoms with Crippen LogP contribution in [0, 0.1) is 0 Å². The van der Waals surface area contributed by atoms with Crippen molar-refractivity contribution in [2.45, 2.75) is 12.8 Å². The molecule has 0 saturated carbocycles. The molecule has 2 rings (SSSR count). The van der Waals surface area contributed by atoms with Gasteiger partial charge in [-0.15, -0.1) is 0 Å². The molecule has 2 aromatic heterocycles. The van der Waals surface area contributed by atoms with Crippen LogP contribution in [0.4, 0.5) is 0 Å². The first-order valence-electron chi connectivity index (χ1n) is 5.93. The second-order valence-corrected chi connectivity index (χ2v) is 3.73. The Balaban J connectivity index is 1.54. The Kier molecular flexibility index (Phi) is 4.86. The Morgan fingerprint density at radius 1 is 0.889 bits per heavy atom. The van der Waals surface area contributed by atoms with Crippen molar-refractivity contribution >= 4 is 12.4 Å². The molecule has 2 N–H and O–H groups in total. The average molecular weight is 244 g/mol. The highest BCUT2D eigenvalue weighted by Gasteiger charge is 1.89. The van der Waals surface area contributed by atoms with Gasteiger partial charge in [0.1, 0.15) is 11.6 Å². The first kappa shape index (κ1) is 12.2. The second-order valence-electron chi connectivity index (χ2n) is 3.73. The van der Waals surface area contributed by atoms with Gasteiger partial charge in [-0.2, -0.15) is 0 Å². The van der Waals surface area contributed by atoms with Gasteiger partial charge in [0, 0.05) is 37.9 Å². The molecule has 0 bridgehead atoms. The second kappa shape index (κ2) is 7.16. The molecular formula is C12H16N6. The van der Waals surface area contributed by atoms with Crippen molar-refractivity contribution in [3.8, 4) is 0 Å². The normalized spacial score (nSPS) is 11.8. The van der Waals surface area contributed by atoms with Gasteiger partial charge in [0.15, 0.2) is 0 Å². The summed E-state index contributed by atoms with van der Waals surface area (Å²) in [6, 6.07) is 0. The third-order valence-electron chi connectivity index (χ3n) is 2.29. The number of hydrogen-bond donors (Lipinski definition) is 2. The zero-order valence-electron chi connectivity index (χ0n) is 10.1. The topological polar surface area (TPSA) is 82.1 Å². The number of unbranched alkanes of at least 4 members (excludes halogenated alkanes) is 1. The third kappa shape index (κ3) is 4.32. The minimum absolute atomic E-state index is 0.797. The smallest absolute Gasteiger partial charge is 0.147 e. The Labute approximate surface area is 105 Å². The quantitative estimate of drug-likeness (QED) is 0.571. The number of H-pyrrole nitrogens is 2. The average Bonchev–Trinajstić information content (AvgIpc) is 3.05. The van der Waals surface area contributed by atoms with E-state index in [0.717, 1.165) is 37.6 Å². The first-order chi connectivity index (χ1) is 8.95. The van der Waals surface area contributed by atoms with Gasteiger partial charge < -0.3 is 9.97 Å². The van der Waals surface area contributed by atoms with Gasteiger partial charge in [0.25, 0.3) is 0 Å². The highest BCUT2D eigenvalue weighted by molar-refractivity contribution is 5.74. The molecule has 0 atom stereocenters. The fraction of sp³-hybridized carbons (Fsp3) is 0.333. The Morgan fingerprint density at radius 2 is 1.39 bits per heavy atom. The van der Waals surface area contributed by atoms with Crippen LogP contribution < -0.4 is 0 Å². The van der Waals surface area contributed by atoms with E-state index in [0.29, 0.717) is 0 Å². The van der Waals surface area contributed by atoms with Crippen LogP contribution in [-0.4, -0.2) is 45.5 Å². The zero-order chi connectivity index (χ0) is 12.5. The van der Waals surface area contributed by atoms with Crippen LogP contribution in [0.1, 0.15) is 24.5 Å². The number of nitrogens with zero attached hydrogens (tertiary/aromatic N) is 4. The predicted molar refractivity (Wildman–Crippen MR) is 71.3 cm³/mol. The van der Waals surface area contributed by atoms with Crippen LogP contribution in [-0.2, 0) is 0 Å². The van der Waals surface area contributed by atoms with Crippen molar-refractivity contribution in [1.82, 2.24) is 19.9 Å². The van der Waals surface area contributed by atoms with E-state index in [1.807, 2.05) is 0 Å². The standard InChI is InChI=1S/C12H16N6/c1(3-13-9-11-15-5-6-16-11)2-4-14-10-12-17-7-8-18-12/h5-10H,1-4H2,(H,15,16)(H,17,18). The maximum absolute atomic E-state index is 4.27. The molecule has 18 heavy (non-hydrogen) atoms. The van der Waals surface area contributed by atoms with Crippen molar-refractivity contribution in [2.24, 2.45) is 9.98 Å². The summed E-state index contributed by atoms with van der Waals surface area (Å²) in [7, 11) is 0. The summed E-state index contributed by atoms with van der Waals surface area (Å²) < 4.78 is 0. The summed E-state index contributed by atoms with van der Waals surface area (Å²) in [6.07, 6.45) is 12.5. The van der Waals surface area contributed by atoms with E-state index >= 15 is 0 Å². The van der Waals surface area contributed by atoms with E-state index < -0.39 is 0 Å². The van der Waals surface area contributed by atoms with Crippen LogP contribution in [0.5, 0.6) is 0 Å². The van der Waals surface area contributed by atoms with E-state index in [9.17, 15) is 0 Å². The number of hydrogen-bond acceptors (Lipinski definition) is 4. The monoisotopic (exact) mass is 244 g/mol. The minimum atomic E-state index is 0.797. The molecule has 0 aliphatic rings. The van der Waals surface area contributed by atoms with E-state index in [-0.39, 0.29) is 0 Å². The predicted octanol–water partition coefficient (Wildman–Crippen LogP) is 1.45. The molecule has 0 fully saturated rings. The van der Waals surface area contributed by atoms with Crippen LogP contribution in [0.3, 0.4) is 0 Å². The maximum Gasteiger partial charge on any atom is 0.147 e. The van der Waals surface area contributed by atoms with Gasteiger partial charge in [-0.25, -0.2) is 9.97 Å². The highest BCUT2D eigenvalue weighted by atomic mass is 14.9. The number of aromatic amines is 2. The van der Waals surface area contributed by atoms with Crippen molar-refractivity contribution in [1.29, 1.82) is 0 Å². The van der Waals surface area contributed by atoms with E-state index in [4.69, 9.17) is 0 Å². The Morgan fingerprint density at radius 3 is 1.78 bits per heavy atom. The molecule has 0 aliphatic heterocycles. The van der Waals surface area contributed by atoms with Crippen LogP contribution in [0.25, 0.3) is 0 Å². The van der Waals surface area contributed by atoms with Crippen molar-refractivity contribution in [3.63, 3.8) is 0 Å². The summed E-state index contributed by atoms with van der Waals surface area (Å²) in [5, 5.41) is 0. The molecule has 0 aliphatic carbocycles. The molecular weight excluding hydrogens is 228 g/mol. The molecule has 6 nitrogen and oxygen atoms in total. The van der Waals surface area contributed by atoms with Crippen molar-refractivity contribution in [2.75, 3.05) is 13.1 Å². The summed E-state index contributed by atoms with van der Waals surface area (Å²) in [6.45, 7) is 1.61. The number of imidazole rings is 2. The fourth-order valence-electron chi connectivity index (χ4n) is 1.40. The summed E-state index contributed by atoms with van der Waals surface area (Å²) >= 11 is 0. The van der Waals surface area contributed by atoms with E-state index in [1.54, 1.807) is 37.2 Å². The number of nitrogens with one attached hydrogen (secondary N) is 2. The molecule has 94 valence electrons. The van der Waals surface area contributed by atoms with Gasteiger partial charge >= 0.3 is 0 Å². The van der Waals surface area contributed by atoms with E-state index in [2.05, 4.69) is 29.9 Å². The Bertz CT molecular complexity index is 422. The largest absolute Gasteiger partial charge is 0.344 e. The van der Waals surface area contributed by atoms with Crippen LogP contribution >= 0.6 is 0 Å². The minimum Gasteiger partial charge on any atom is -0.344 e. The molecule has 0 unspecified atom stereocenters. The number of aromatic nitrogens is 4. The maximum atomic E-state index is 4.27.